The van der Waals surface area contributed by atoms with E-state index in [1.54, 1.807) is 0 Å². The minimum absolute atomic E-state index is 0.275. The number of aromatic amines is 1. The quantitative estimate of drug-likeness (QED) is 0.418. The molecule has 0 saturated carbocycles. The molecule has 1 aliphatic heterocycles. The Labute approximate surface area is 117 Å². The van der Waals surface area contributed by atoms with Gasteiger partial charge in [0, 0.05) is 11.8 Å². The standard InChI is InChI=1S/C11H16N2O6S/c1-5-2-13(10(19)12-8(5)18)9-6(16)7(17)11(3-14,4-15)20-9/h2,6-7,9,14-17H,3-4H2,1H3,(H,12,18,19)/t6-,7+,9?/m1/s1. The lowest BCUT2D eigenvalue weighted by atomic mass is 9.99. The minimum atomic E-state index is -1.40. The number of aryl methyl sites for hydroxylation is 1. The van der Waals surface area contributed by atoms with Gasteiger partial charge in [0.25, 0.3) is 5.56 Å². The van der Waals surface area contributed by atoms with Crippen LogP contribution in [0.4, 0.5) is 0 Å². The molecule has 0 radical (unpaired) electrons. The Bertz CT molecular complexity index is 608. The first kappa shape index (κ1) is 15.3. The third-order valence-electron chi connectivity index (χ3n) is 3.47. The second-order valence-electron chi connectivity index (χ2n) is 4.80. The van der Waals surface area contributed by atoms with Gasteiger partial charge in [-0.1, -0.05) is 0 Å². The number of H-pyrrole nitrogens is 1. The van der Waals surface area contributed by atoms with Crippen LogP contribution in [0.2, 0.25) is 0 Å². The molecule has 2 rings (SSSR count). The van der Waals surface area contributed by atoms with Crippen LogP contribution in [0.15, 0.2) is 15.8 Å². The van der Waals surface area contributed by atoms with Crippen molar-refractivity contribution in [2.75, 3.05) is 13.2 Å². The fraction of sp³-hybridized carbons (Fsp3) is 0.636. The number of aromatic nitrogens is 2. The Morgan fingerprint density at radius 2 is 1.95 bits per heavy atom. The Morgan fingerprint density at radius 1 is 1.35 bits per heavy atom. The van der Waals surface area contributed by atoms with Crippen LogP contribution in [-0.4, -0.2) is 60.1 Å². The fourth-order valence-electron chi connectivity index (χ4n) is 2.16. The first-order valence-electron chi connectivity index (χ1n) is 5.94. The average molecular weight is 304 g/mol. The summed E-state index contributed by atoms with van der Waals surface area (Å²) >= 11 is 0.897. The van der Waals surface area contributed by atoms with Crippen LogP contribution in [0, 0.1) is 6.92 Å². The van der Waals surface area contributed by atoms with E-state index in [1.165, 1.54) is 13.1 Å². The number of aliphatic hydroxyl groups is 4. The maximum Gasteiger partial charge on any atom is 0.329 e. The molecule has 0 aromatic carbocycles. The SMILES string of the molecule is Cc1cn(C2SC(CO)(CO)[C@@H](O)[C@H]2O)c(=O)[nH]c1=O. The molecule has 0 spiro atoms. The third-order valence-corrected chi connectivity index (χ3v) is 5.18. The summed E-state index contributed by atoms with van der Waals surface area (Å²) < 4.78 is -0.268. The van der Waals surface area contributed by atoms with Crippen molar-refractivity contribution >= 4 is 11.8 Å². The number of aliphatic hydroxyl groups excluding tert-OH is 4. The first-order valence-corrected chi connectivity index (χ1v) is 6.82. The van der Waals surface area contributed by atoms with Crippen LogP contribution in [0.5, 0.6) is 0 Å². The van der Waals surface area contributed by atoms with Crippen molar-refractivity contribution in [3.05, 3.63) is 32.6 Å². The van der Waals surface area contributed by atoms with Gasteiger partial charge in [0.05, 0.1) is 18.0 Å². The number of nitrogens with zero attached hydrogens (tertiary/aromatic N) is 1. The molecule has 1 fully saturated rings. The summed E-state index contributed by atoms with van der Waals surface area (Å²) in [6.07, 6.45) is -1.48. The van der Waals surface area contributed by atoms with Crippen molar-refractivity contribution in [2.45, 2.75) is 29.3 Å². The van der Waals surface area contributed by atoms with Crippen molar-refractivity contribution in [3.63, 3.8) is 0 Å². The van der Waals surface area contributed by atoms with Crippen molar-refractivity contribution in [2.24, 2.45) is 0 Å². The molecule has 1 aromatic heterocycles. The van der Waals surface area contributed by atoms with E-state index in [2.05, 4.69) is 4.98 Å². The van der Waals surface area contributed by atoms with Crippen molar-refractivity contribution in [1.82, 2.24) is 9.55 Å². The molecule has 1 unspecified atom stereocenters. The van der Waals surface area contributed by atoms with E-state index < -0.39 is 46.8 Å². The van der Waals surface area contributed by atoms with E-state index in [-0.39, 0.29) is 5.56 Å². The molecule has 112 valence electrons. The first-order chi connectivity index (χ1) is 9.36. The van der Waals surface area contributed by atoms with Crippen LogP contribution in [-0.2, 0) is 0 Å². The van der Waals surface area contributed by atoms with Gasteiger partial charge < -0.3 is 20.4 Å². The summed E-state index contributed by atoms with van der Waals surface area (Å²) in [6.45, 7) is 0.391. The third kappa shape index (κ3) is 2.21. The zero-order chi connectivity index (χ0) is 15.1. The molecule has 0 aliphatic carbocycles. The van der Waals surface area contributed by atoms with Gasteiger partial charge in [-0.2, -0.15) is 0 Å². The molecular weight excluding hydrogens is 288 g/mol. The van der Waals surface area contributed by atoms with Gasteiger partial charge in [-0.3, -0.25) is 14.3 Å². The smallest absolute Gasteiger partial charge is 0.329 e. The van der Waals surface area contributed by atoms with Gasteiger partial charge in [-0.05, 0) is 6.92 Å². The predicted octanol–water partition coefficient (Wildman–Crippen LogP) is -2.46. The van der Waals surface area contributed by atoms with E-state index in [0.717, 1.165) is 16.3 Å². The number of rotatable bonds is 3. The molecule has 0 amide bonds. The van der Waals surface area contributed by atoms with Gasteiger partial charge in [-0.25, -0.2) is 4.79 Å². The zero-order valence-corrected chi connectivity index (χ0v) is 11.5. The lowest BCUT2D eigenvalue weighted by molar-refractivity contribution is -0.0264. The summed E-state index contributed by atoms with van der Waals surface area (Å²) in [5.74, 6) is 0. The number of thioether (sulfide) groups is 1. The van der Waals surface area contributed by atoms with E-state index in [0.29, 0.717) is 0 Å². The largest absolute Gasteiger partial charge is 0.395 e. The summed E-state index contributed by atoms with van der Waals surface area (Å²) in [5, 5.41) is 37.8. The highest BCUT2D eigenvalue weighted by Gasteiger charge is 2.54. The number of hydrogen-bond donors (Lipinski definition) is 5. The van der Waals surface area contributed by atoms with E-state index in [4.69, 9.17) is 0 Å². The van der Waals surface area contributed by atoms with Gasteiger partial charge in [-0.15, -0.1) is 11.8 Å². The van der Waals surface area contributed by atoms with Crippen LogP contribution in [0.3, 0.4) is 0 Å². The Morgan fingerprint density at radius 3 is 2.45 bits per heavy atom. The molecule has 8 nitrogen and oxygen atoms in total. The molecule has 2 heterocycles. The molecule has 3 atom stereocenters. The average Bonchev–Trinajstić information content (AvgIpc) is 2.68. The van der Waals surface area contributed by atoms with Crippen molar-refractivity contribution in [3.8, 4) is 0 Å². The van der Waals surface area contributed by atoms with E-state index in [9.17, 15) is 30.0 Å². The highest BCUT2D eigenvalue weighted by Crippen LogP contribution is 2.48. The Balaban J connectivity index is 2.47. The molecular formula is C11H16N2O6S. The highest BCUT2D eigenvalue weighted by molar-refractivity contribution is 8.01. The van der Waals surface area contributed by atoms with Gasteiger partial charge >= 0.3 is 5.69 Å². The van der Waals surface area contributed by atoms with Gasteiger partial charge in [0.1, 0.15) is 17.6 Å². The van der Waals surface area contributed by atoms with Crippen LogP contribution >= 0.6 is 11.8 Å². The molecule has 9 heteroatoms. The summed E-state index contributed by atoms with van der Waals surface area (Å²) in [7, 11) is 0. The van der Waals surface area contributed by atoms with Crippen LogP contribution in [0.1, 0.15) is 10.9 Å². The number of hydrogen-bond acceptors (Lipinski definition) is 7. The fourth-order valence-corrected chi connectivity index (χ4v) is 3.62. The normalized spacial score (nSPS) is 28.8. The van der Waals surface area contributed by atoms with Crippen LogP contribution < -0.4 is 11.2 Å². The van der Waals surface area contributed by atoms with Crippen molar-refractivity contribution in [1.29, 1.82) is 0 Å². The predicted molar refractivity (Wildman–Crippen MR) is 71.6 cm³/mol. The van der Waals surface area contributed by atoms with Gasteiger partial charge in [0.2, 0.25) is 0 Å². The van der Waals surface area contributed by atoms with Crippen LogP contribution in [0.25, 0.3) is 0 Å². The lowest BCUT2D eigenvalue weighted by Gasteiger charge is -2.27. The maximum atomic E-state index is 11.8. The molecule has 5 N–H and O–H groups in total. The lowest BCUT2D eigenvalue weighted by Crippen LogP contribution is -2.46. The topological polar surface area (TPSA) is 136 Å². The Kier molecular flexibility index (Phi) is 4.07. The maximum absolute atomic E-state index is 11.8. The number of nitrogens with one attached hydrogen (secondary N) is 1. The molecule has 0 bridgehead atoms. The second-order valence-corrected chi connectivity index (χ2v) is 6.34. The minimum Gasteiger partial charge on any atom is -0.395 e. The summed E-state index contributed by atoms with van der Waals surface area (Å²) in [6, 6.07) is 0. The summed E-state index contributed by atoms with van der Waals surface area (Å²) in [5.41, 5.74) is -0.978. The zero-order valence-electron chi connectivity index (χ0n) is 10.7. The Hall–Kier alpha value is -1.13. The molecule has 20 heavy (non-hydrogen) atoms. The van der Waals surface area contributed by atoms with Crippen molar-refractivity contribution < 1.29 is 20.4 Å². The molecule has 1 aromatic rings. The highest BCUT2D eigenvalue weighted by atomic mass is 32.2. The molecule has 1 saturated heterocycles. The van der Waals surface area contributed by atoms with E-state index >= 15 is 0 Å². The van der Waals surface area contributed by atoms with Gasteiger partial charge in [0.15, 0.2) is 0 Å². The van der Waals surface area contributed by atoms with E-state index in [1.807, 2.05) is 0 Å². The second kappa shape index (κ2) is 5.34. The summed E-state index contributed by atoms with van der Waals surface area (Å²) in [4.78, 5) is 25.2. The monoisotopic (exact) mass is 304 g/mol. The molecule has 1 aliphatic rings.